The third-order valence-electron chi connectivity index (χ3n) is 5.34. The number of hydrogen-bond donors (Lipinski definition) is 0. The first-order valence-electron chi connectivity index (χ1n) is 10.1. The standard InChI is InChI=1S/C21H27N7O2/c1-25(2)21-22-7-6-19(24-21)27-10-8-26(9-11-27)16-4-5-17-18(14-16)23-15-28(20(17)29)12-13-30-3/h4-7,14-15H,8-13H2,1-3H3. The molecule has 1 aliphatic rings. The fraction of sp³-hybridized carbons (Fsp3) is 0.429. The van der Waals surface area contributed by atoms with Gasteiger partial charge in [-0.1, -0.05) is 0 Å². The fourth-order valence-corrected chi connectivity index (χ4v) is 3.62. The second kappa shape index (κ2) is 8.66. The van der Waals surface area contributed by atoms with Crippen molar-refractivity contribution < 1.29 is 4.74 Å². The molecule has 3 aromatic rings. The van der Waals surface area contributed by atoms with Crippen LogP contribution in [-0.2, 0) is 11.3 Å². The summed E-state index contributed by atoms with van der Waals surface area (Å²) in [5.41, 5.74) is 1.77. The zero-order valence-corrected chi connectivity index (χ0v) is 17.7. The molecule has 0 unspecified atom stereocenters. The molecule has 1 aliphatic heterocycles. The minimum atomic E-state index is -0.0334. The van der Waals surface area contributed by atoms with Gasteiger partial charge in [0.15, 0.2) is 0 Å². The van der Waals surface area contributed by atoms with Crippen LogP contribution in [0.25, 0.3) is 10.9 Å². The molecule has 0 atom stereocenters. The molecule has 3 heterocycles. The van der Waals surface area contributed by atoms with Gasteiger partial charge in [-0.25, -0.2) is 9.97 Å². The molecule has 9 nitrogen and oxygen atoms in total. The first-order chi connectivity index (χ1) is 14.6. The number of aromatic nitrogens is 4. The zero-order chi connectivity index (χ0) is 21.1. The Labute approximate surface area is 175 Å². The van der Waals surface area contributed by atoms with Crippen molar-refractivity contribution in [3.63, 3.8) is 0 Å². The van der Waals surface area contributed by atoms with Gasteiger partial charge in [0.1, 0.15) is 5.82 Å². The lowest BCUT2D eigenvalue weighted by atomic mass is 10.2. The van der Waals surface area contributed by atoms with Gasteiger partial charge < -0.3 is 19.4 Å². The SMILES string of the molecule is COCCn1cnc2cc(N3CCN(c4ccnc(N(C)C)n4)CC3)ccc2c1=O. The van der Waals surface area contributed by atoms with E-state index in [1.54, 1.807) is 24.2 Å². The molecular formula is C21H27N7O2. The molecule has 0 spiro atoms. The van der Waals surface area contributed by atoms with Crippen LogP contribution in [0, 0.1) is 0 Å². The third kappa shape index (κ3) is 4.06. The van der Waals surface area contributed by atoms with E-state index in [0.29, 0.717) is 24.5 Å². The van der Waals surface area contributed by atoms with E-state index in [0.717, 1.165) is 43.2 Å². The number of anilines is 3. The van der Waals surface area contributed by atoms with Gasteiger partial charge in [-0.15, -0.1) is 0 Å². The Morgan fingerprint density at radius 3 is 2.57 bits per heavy atom. The lowest BCUT2D eigenvalue weighted by molar-refractivity contribution is 0.186. The molecule has 0 radical (unpaired) electrons. The first kappa shape index (κ1) is 20.1. The van der Waals surface area contributed by atoms with Gasteiger partial charge in [-0.3, -0.25) is 9.36 Å². The maximum Gasteiger partial charge on any atom is 0.261 e. The zero-order valence-electron chi connectivity index (χ0n) is 17.7. The Bertz CT molecular complexity index is 1070. The summed E-state index contributed by atoms with van der Waals surface area (Å²) in [7, 11) is 5.51. The molecule has 0 aliphatic carbocycles. The highest BCUT2D eigenvalue weighted by atomic mass is 16.5. The maximum atomic E-state index is 12.6. The highest BCUT2D eigenvalue weighted by Crippen LogP contribution is 2.22. The molecule has 158 valence electrons. The summed E-state index contributed by atoms with van der Waals surface area (Å²) in [5, 5.41) is 0.633. The summed E-state index contributed by atoms with van der Waals surface area (Å²) in [6.07, 6.45) is 3.40. The van der Waals surface area contributed by atoms with Gasteiger partial charge in [0, 0.05) is 59.3 Å². The minimum absolute atomic E-state index is 0.0334. The summed E-state index contributed by atoms with van der Waals surface area (Å²) in [6, 6.07) is 7.85. The van der Waals surface area contributed by atoms with E-state index in [1.807, 2.05) is 43.3 Å². The summed E-state index contributed by atoms with van der Waals surface area (Å²) in [4.78, 5) is 32.6. The van der Waals surface area contributed by atoms with Crippen molar-refractivity contribution in [3.8, 4) is 0 Å². The molecule has 1 fully saturated rings. The number of nitrogens with zero attached hydrogens (tertiary/aromatic N) is 7. The summed E-state index contributed by atoms with van der Waals surface area (Å²) in [6.45, 7) is 4.47. The summed E-state index contributed by atoms with van der Waals surface area (Å²) in [5.74, 6) is 1.66. The average molecular weight is 409 g/mol. The van der Waals surface area contributed by atoms with Crippen LogP contribution in [0.1, 0.15) is 0 Å². The molecule has 9 heteroatoms. The number of rotatable bonds is 6. The van der Waals surface area contributed by atoms with Crippen LogP contribution >= 0.6 is 0 Å². The normalized spacial score (nSPS) is 14.4. The Morgan fingerprint density at radius 2 is 1.83 bits per heavy atom. The Hall–Kier alpha value is -3.20. The van der Waals surface area contributed by atoms with Crippen molar-refractivity contribution >= 4 is 28.4 Å². The van der Waals surface area contributed by atoms with Crippen molar-refractivity contribution in [2.45, 2.75) is 6.54 Å². The van der Waals surface area contributed by atoms with Crippen molar-refractivity contribution in [1.82, 2.24) is 19.5 Å². The smallest absolute Gasteiger partial charge is 0.261 e. The van der Waals surface area contributed by atoms with E-state index in [2.05, 4.69) is 24.8 Å². The molecule has 1 saturated heterocycles. The molecule has 0 saturated carbocycles. The third-order valence-corrected chi connectivity index (χ3v) is 5.34. The predicted octanol–water partition coefficient (Wildman–Crippen LogP) is 1.23. The molecule has 0 amide bonds. The molecule has 1 aromatic carbocycles. The van der Waals surface area contributed by atoms with E-state index < -0.39 is 0 Å². The van der Waals surface area contributed by atoms with Gasteiger partial charge >= 0.3 is 0 Å². The number of ether oxygens (including phenoxy) is 1. The van der Waals surface area contributed by atoms with E-state index >= 15 is 0 Å². The predicted molar refractivity (Wildman–Crippen MR) is 119 cm³/mol. The molecule has 30 heavy (non-hydrogen) atoms. The first-order valence-corrected chi connectivity index (χ1v) is 10.1. The van der Waals surface area contributed by atoms with E-state index in [4.69, 9.17) is 4.74 Å². The number of fused-ring (bicyclic) bond motifs is 1. The Balaban J connectivity index is 1.48. The van der Waals surface area contributed by atoms with Crippen LogP contribution < -0.4 is 20.3 Å². The van der Waals surface area contributed by atoms with Crippen LogP contribution in [0.2, 0.25) is 0 Å². The number of methoxy groups -OCH3 is 1. The summed E-state index contributed by atoms with van der Waals surface area (Å²) < 4.78 is 6.65. The Kier molecular flexibility index (Phi) is 5.80. The van der Waals surface area contributed by atoms with Crippen LogP contribution in [0.15, 0.2) is 41.6 Å². The van der Waals surface area contributed by atoms with Crippen LogP contribution in [-0.4, -0.2) is 73.5 Å². The monoisotopic (exact) mass is 409 g/mol. The maximum absolute atomic E-state index is 12.6. The molecule has 2 aromatic heterocycles. The van der Waals surface area contributed by atoms with Gasteiger partial charge in [-0.05, 0) is 24.3 Å². The van der Waals surface area contributed by atoms with E-state index in [-0.39, 0.29) is 5.56 Å². The quantitative estimate of drug-likeness (QED) is 0.601. The van der Waals surface area contributed by atoms with Crippen LogP contribution in [0.4, 0.5) is 17.5 Å². The second-order valence-corrected chi connectivity index (χ2v) is 7.52. The minimum Gasteiger partial charge on any atom is -0.383 e. The number of benzene rings is 1. The van der Waals surface area contributed by atoms with Gasteiger partial charge in [0.2, 0.25) is 5.95 Å². The second-order valence-electron chi connectivity index (χ2n) is 7.52. The lowest BCUT2D eigenvalue weighted by Gasteiger charge is -2.36. The highest BCUT2D eigenvalue weighted by molar-refractivity contribution is 5.81. The largest absolute Gasteiger partial charge is 0.383 e. The van der Waals surface area contributed by atoms with Crippen LogP contribution in [0.5, 0.6) is 0 Å². The molecular weight excluding hydrogens is 382 g/mol. The summed E-state index contributed by atoms with van der Waals surface area (Å²) >= 11 is 0. The molecule has 4 rings (SSSR count). The Morgan fingerprint density at radius 1 is 1.07 bits per heavy atom. The van der Waals surface area contributed by atoms with Gasteiger partial charge in [-0.2, -0.15) is 4.98 Å². The highest BCUT2D eigenvalue weighted by Gasteiger charge is 2.19. The molecule has 0 N–H and O–H groups in total. The van der Waals surface area contributed by atoms with Crippen molar-refractivity contribution in [2.24, 2.45) is 0 Å². The van der Waals surface area contributed by atoms with Crippen molar-refractivity contribution in [3.05, 3.63) is 47.1 Å². The van der Waals surface area contributed by atoms with E-state index in [1.165, 1.54) is 0 Å². The number of hydrogen-bond acceptors (Lipinski definition) is 8. The topological polar surface area (TPSA) is 79.6 Å². The van der Waals surface area contributed by atoms with E-state index in [9.17, 15) is 4.79 Å². The fourth-order valence-electron chi connectivity index (χ4n) is 3.62. The van der Waals surface area contributed by atoms with Crippen molar-refractivity contribution in [2.75, 3.05) is 68.7 Å². The average Bonchev–Trinajstić information content (AvgIpc) is 2.78. The van der Waals surface area contributed by atoms with Crippen LogP contribution in [0.3, 0.4) is 0 Å². The lowest BCUT2D eigenvalue weighted by Crippen LogP contribution is -2.47. The van der Waals surface area contributed by atoms with Gasteiger partial charge in [0.05, 0.1) is 30.4 Å². The number of piperazine rings is 1. The van der Waals surface area contributed by atoms with Crippen molar-refractivity contribution in [1.29, 1.82) is 0 Å². The van der Waals surface area contributed by atoms with Gasteiger partial charge in [0.25, 0.3) is 5.56 Å². The molecule has 0 bridgehead atoms.